The highest BCUT2D eigenvalue weighted by Crippen LogP contribution is 2.20. The SMILES string of the molecule is Cc1cc(C)n(C[C@H]2CCCN2C(=O)CN2C(=O)CNC2=O)n1. The molecule has 1 atom stereocenters. The Morgan fingerprint density at radius 2 is 2.17 bits per heavy atom. The molecule has 1 aromatic rings. The summed E-state index contributed by atoms with van der Waals surface area (Å²) in [7, 11) is 0. The van der Waals surface area contributed by atoms with Gasteiger partial charge in [-0.05, 0) is 32.8 Å². The topological polar surface area (TPSA) is 87.5 Å². The Morgan fingerprint density at radius 1 is 1.39 bits per heavy atom. The maximum atomic E-state index is 12.5. The van der Waals surface area contributed by atoms with E-state index in [0.717, 1.165) is 29.1 Å². The molecule has 0 spiro atoms. The van der Waals surface area contributed by atoms with Crippen molar-refractivity contribution in [3.05, 3.63) is 17.5 Å². The molecule has 3 rings (SSSR count). The van der Waals surface area contributed by atoms with Gasteiger partial charge in [0.2, 0.25) is 5.91 Å². The fourth-order valence-corrected chi connectivity index (χ4v) is 3.25. The normalized spacial score (nSPS) is 21.2. The first-order valence-electron chi connectivity index (χ1n) is 7.84. The minimum atomic E-state index is -0.488. The predicted octanol–water partition coefficient (Wildman–Crippen LogP) is 0.0427. The molecule has 3 heterocycles. The second-order valence-electron chi connectivity index (χ2n) is 6.13. The highest BCUT2D eigenvalue weighted by atomic mass is 16.2. The minimum absolute atomic E-state index is 0.0265. The summed E-state index contributed by atoms with van der Waals surface area (Å²) in [6.45, 7) is 5.03. The van der Waals surface area contributed by atoms with E-state index in [9.17, 15) is 14.4 Å². The molecule has 2 aliphatic rings. The summed E-state index contributed by atoms with van der Waals surface area (Å²) in [6, 6.07) is 1.58. The average Bonchev–Trinajstić information content (AvgIpc) is 3.16. The Kier molecular flexibility index (Phi) is 4.06. The quantitative estimate of drug-likeness (QED) is 0.794. The van der Waals surface area contributed by atoms with Crippen LogP contribution in [0, 0.1) is 13.8 Å². The first-order valence-corrected chi connectivity index (χ1v) is 7.84. The summed E-state index contributed by atoms with van der Waals surface area (Å²) in [5, 5.41) is 6.87. The molecular weight excluding hydrogens is 298 g/mol. The maximum Gasteiger partial charge on any atom is 0.325 e. The van der Waals surface area contributed by atoms with Crippen LogP contribution in [0.1, 0.15) is 24.2 Å². The first-order chi connectivity index (χ1) is 11.0. The molecule has 124 valence electrons. The van der Waals surface area contributed by atoms with Gasteiger partial charge in [-0.1, -0.05) is 0 Å². The summed E-state index contributed by atoms with van der Waals surface area (Å²) in [5.74, 6) is -0.530. The van der Waals surface area contributed by atoms with Crippen LogP contribution in [0.4, 0.5) is 4.79 Å². The number of nitrogens with zero attached hydrogens (tertiary/aromatic N) is 4. The third-order valence-electron chi connectivity index (χ3n) is 4.41. The van der Waals surface area contributed by atoms with E-state index in [-0.39, 0.29) is 30.9 Å². The zero-order valence-corrected chi connectivity index (χ0v) is 13.4. The highest BCUT2D eigenvalue weighted by Gasteiger charge is 2.35. The van der Waals surface area contributed by atoms with E-state index in [0.29, 0.717) is 13.1 Å². The highest BCUT2D eigenvalue weighted by molar-refractivity contribution is 6.04. The Bertz CT molecular complexity index is 638. The second-order valence-corrected chi connectivity index (χ2v) is 6.13. The summed E-state index contributed by atoms with van der Waals surface area (Å²) >= 11 is 0. The van der Waals surface area contributed by atoms with E-state index >= 15 is 0 Å². The molecule has 0 unspecified atom stereocenters. The van der Waals surface area contributed by atoms with Crippen LogP contribution in [0.2, 0.25) is 0 Å². The number of hydrogen-bond donors (Lipinski definition) is 1. The van der Waals surface area contributed by atoms with Gasteiger partial charge in [-0.3, -0.25) is 19.2 Å². The molecule has 23 heavy (non-hydrogen) atoms. The standard InChI is InChI=1S/C15H21N5O3/c1-10-6-11(2)20(17-10)8-12-4-3-5-18(12)14(22)9-19-13(21)7-16-15(19)23/h6,12H,3-5,7-9H2,1-2H3,(H,16,23)/t12-/m1/s1. The number of likely N-dealkylation sites (tertiary alicyclic amines) is 1. The molecule has 1 aromatic heterocycles. The van der Waals surface area contributed by atoms with Gasteiger partial charge >= 0.3 is 6.03 Å². The zero-order valence-electron chi connectivity index (χ0n) is 13.4. The molecule has 2 fully saturated rings. The number of carbonyl (C=O) groups is 3. The van der Waals surface area contributed by atoms with Crippen molar-refractivity contribution in [1.29, 1.82) is 0 Å². The molecule has 0 aromatic carbocycles. The summed E-state index contributed by atoms with van der Waals surface area (Å²) in [4.78, 5) is 38.4. The van der Waals surface area contributed by atoms with E-state index in [1.54, 1.807) is 4.90 Å². The number of aryl methyl sites for hydroxylation is 2. The van der Waals surface area contributed by atoms with Gasteiger partial charge in [0.25, 0.3) is 5.91 Å². The molecule has 0 aliphatic carbocycles. The Hall–Kier alpha value is -2.38. The molecule has 4 amide bonds. The van der Waals surface area contributed by atoms with Crippen molar-refractivity contribution in [2.75, 3.05) is 19.6 Å². The molecule has 8 heteroatoms. The van der Waals surface area contributed by atoms with Crippen LogP contribution in [-0.4, -0.2) is 63.1 Å². The maximum absolute atomic E-state index is 12.5. The molecule has 1 N–H and O–H groups in total. The number of amides is 4. The summed E-state index contributed by atoms with van der Waals surface area (Å²) in [5.41, 5.74) is 2.02. The van der Waals surface area contributed by atoms with Crippen molar-refractivity contribution >= 4 is 17.8 Å². The molecule has 0 bridgehead atoms. The largest absolute Gasteiger partial charge is 0.336 e. The fraction of sp³-hybridized carbons (Fsp3) is 0.600. The van der Waals surface area contributed by atoms with Crippen LogP contribution in [0.25, 0.3) is 0 Å². The Balaban J connectivity index is 1.66. The second kappa shape index (κ2) is 6.02. The Labute approximate surface area is 134 Å². The zero-order chi connectivity index (χ0) is 16.6. The van der Waals surface area contributed by atoms with Crippen molar-refractivity contribution in [3.63, 3.8) is 0 Å². The van der Waals surface area contributed by atoms with E-state index in [4.69, 9.17) is 0 Å². The fourth-order valence-electron chi connectivity index (χ4n) is 3.25. The predicted molar refractivity (Wildman–Crippen MR) is 81.5 cm³/mol. The van der Waals surface area contributed by atoms with Gasteiger partial charge in [0, 0.05) is 12.2 Å². The van der Waals surface area contributed by atoms with Gasteiger partial charge in [0.05, 0.1) is 24.8 Å². The average molecular weight is 319 g/mol. The lowest BCUT2D eigenvalue weighted by atomic mass is 10.2. The molecular formula is C15H21N5O3. The number of hydrogen-bond acceptors (Lipinski definition) is 4. The van der Waals surface area contributed by atoms with Gasteiger partial charge in [-0.15, -0.1) is 0 Å². The monoisotopic (exact) mass is 319 g/mol. The van der Waals surface area contributed by atoms with Crippen molar-refractivity contribution in [3.8, 4) is 0 Å². The molecule has 2 aliphatic heterocycles. The number of urea groups is 1. The number of rotatable bonds is 4. The van der Waals surface area contributed by atoms with E-state index in [2.05, 4.69) is 10.4 Å². The molecule has 2 saturated heterocycles. The van der Waals surface area contributed by atoms with Gasteiger partial charge < -0.3 is 10.2 Å². The smallest absolute Gasteiger partial charge is 0.325 e. The van der Waals surface area contributed by atoms with Crippen LogP contribution in [-0.2, 0) is 16.1 Å². The van der Waals surface area contributed by atoms with E-state index in [1.165, 1.54) is 0 Å². The van der Waals surface area contributed by atoms with Crippen LogP contribution in [0.15, 0.2) is 6.07 Å². The van der Waals surface area contributed by atoms with Crippen LogP contribution in [0.3, 0.4) is 0 Å². The van der Waals surface area contributed by atoms with E-state index < -0.39 is 6.03 Å². The lowest BCUT2D eigenvalue weighted by molar-refractivity contribution is -0.137. The number of imide groups is 1. The number of nitrogens with one attached hydrogen (secondary N) is 1. The minimum Gasteiger partial charge on any atom is -0.336 e. The van der Waals surface area contributed by atoms with Gasteiger partial charge in [0.1, 0.15) is 6.54 Å². The lowest BCUT2D eigenvalue weighted by Crippen LogP contribution is -2.46. The lowest BCUT2D eigenvalue weighted by Gasteiger charge is -2.26. The molecule has 0 saturated carbocycles. The van der Waals surface area contributed by atoms with Crippen molar-refractivity contribution < 1.29 is 14.4 Å². The number of aromatic nitrogens is 2. The molecule has 8 nitrogen and oxygen atoms in total. The van der Waals surface area contributed by atoms with Gasteiger partial charge in [0.15, 0.2) is 0 Å². The first kappa shape index (κ1) is 15.5. The van der Waals surface area contributed by atoms with Crippen molar-refractivity contribution in [2.45, 2.75) is 39.3 Å². The van der Waals surface area contributed by atoms with Gasteiger partial charge in [-0.2, -0.15) is 5.10 Å². The van der Waals surface area contributed by atoms with E-state index in [1.807, 2.05) is 24.6 Å². The van der Waals surface area contributed by atoms with Crippen LogP contribution in [0.5, 0.6) is 0 Å². The third-order valence-corrected chi connectivity index (χ3v) is 4.41. The third kappa shape index (κ3) is 3.06. The van der Waals surface area contributed by atoms with Crippen LogP contribution >= 0.6 is 0 Å². The Morgan fingerprint density at radius 3 is 2.78 bits per heavy atom. The summed E-state index contributed by atoms with van der Waals surface area (Å²) < 4.78 is 1.92. The van der Waals surface area contributed by atoms with Crippen LogP contribution < -0.4 is 5.32 Å². The van der Waals surface area contributed by atoms with Gasteiger partial charge in [-0.25, -0.2) is 4.79 Å². The number of carbonyl (C=O) groups excluding carboxylic acids is 3. The van der Waals surface area contributed by atoms with Crippen molar-refractivity contribution in [2.24, 2.45) is 0 Å². The van der Waals surface area contributed by atoms with Crippen molar-refractivity contribution in [1.82, 2.24) is 24.9 Å². The molecule has 0 radical (unpaired) electrons. The summed E-state index contributed by atoms with van der Waals surface area (Å²) in [6.07, 6.45) is 1.83.